The Labute approximate surface area is 187 Å². The molecule has 0 N–H and O–H groups in total. The molecule has 1 fully saturated rings. The van der Waals surface area contributed by atoms with Crippen molar-refractivity contribution in [2.45, 2.75) is 44.7 Å². The summed E-state index contributed by atoms with van der Waals surface area (Å²) in [4.78, 5) is 53.2. The molecule has 166 valence electrons. The van der Waals surface area contributed by atoms with Crippen molar-refractivity contribution in [2.75, 3.05) is 13.7 Å². The van der Waals surface area contributed by atoms with Crippen LogP contribution in [0.4, 0.5) is 0 Å². The van der Waals surface area contributed by atoms with Crippen LogP contribution in [0.2, 0.25) is 0 Å². The van der Waals surface area contributed by atoms with Crippen LogP contribution in [0.1, 0.15) is 68.7 Å². The zero-order valence-corrected chi connectivity index (χ0v) is 18.1. The molecule has 1 heterocycles. The summed E-state index contributed by atoms with van der Waals surface area (Å²) in [6.45, 7) is -0.190. The number of nitrogens with zero attached hydrogens (tertiary/aromatic N) is 2. The largest absolute Gasteiger partial charge is 0.452 e. The van der Waals surface area contributed by atoms with Crippen molar-refractivity contribution in [3.63, 3.8) is 0 Å². The summed E-state index contributed by atoms with van der Waals surface area (Å²) >= 11 is 0. The minimum atomic E-state index is -0.694. The average molecular weight is 434 g/mol. The van der Waals surface area contributed by atoms with Crippen LogP contribution in [0.15, 0.2) is 48.5 Å². The van der Waals surface area contributed by atoms with E-state index in [4.69, 9.17) is 4.74 Å². The maximum atomic E-state index is 12.8. The molecule has 1 aliphatic heterocycles. The maximum Gasteiger partial charge on any atom is 0.338 e. The van der Waals surface area contributed by atoms with Crippen LogP contribution in [0, 0.1) is 0 Å². The van der Waals surface area contributed by atoms with Crippen LogP contribution in [-0.4, -0.2) is 53.2 Å². The number of hydrogen-bond acceptors (Lipinski definition) is 5. The Morgan fingerprint density at radius 1 is 0.969 bits per heavy atom. The van der Waals surface area contributed by atoms with E-state index in [2.05, 4.69) is 0 Å². The number of rotatable bonds is 6. The van der Waals surface area contributed by atoms with Crippen molar-refractivity contribution in [2.24, 2.45) is 0 Å². The summed E-state index contributed by atoms with van der Waals surface area (Å²) < 4.78 is 5.21. The number of carbonyl (C=O) groups is 4. The smallest absolute Gasteiger partial charge is 0.338 e. The predicted octanol–water partition coefficient (Wildman–Crippen LogP) is 3.43. The number of ether oxygens (including phenoxy) is 1. The van der Waals surface area contributed by atoms with E-state index in [1.165, 1.54) is 24.6 Å². The fraction of sp³-hybridized carbons (Fsp3) is 0.360. The molecule has 2 aromatic rings. The molecule has 2 aromatic carbocycles. The first-order valence-electron chi connectivity index (χ1n) is 10.9. The van der Waals surface area contributed by atoms with Crippen molar-refractivity contribution in [1.82, 2.24) is 9.80 Å². The summed E-state index contributed by atoms with van der Waals surface area (Å²) in [7, 11) is 1.74. The van der Waals surface area contributed by atoms with E-state index >= 15 is 0 Å². The van der Waals surface area contributed by atoms with Gasteiger partial charge in [0.25, 0.3) is 17.7 Å². The van der Waals surface area contributed by atoms with Crippen molar-refractivity contribution in [3.05, 3.63) is 70.8 Å². The van der Waals surface area contributed by atoms with Gasteiger partial charge in [-0.1, -0.05) is 49.6 Å². The lowest BCUT2D eigenvalue weighted by Gasteiger charge is -2.31. The predicted molar refractivity (Wildman–Crippen MR) is 117 cm³/mol. The van der Waals surface area contributed by atoms with Crippen LogP contribution in [-0.2, 0) is 16.1 Å². The van der Waals surface area contributed by atoms with Crippen LogP contribution >= 0.6 is 0 Å². The number of esters is 1. The number of likely N-dealkylation sites (N-methyl/N-ethyl adjacent to an activating group) is 1. The highest BCUT2D eigenvalue weighted by atomic mass is 16.5. The van der Waals surface area contributed by atoms with Gasteiger partial charge in [-0.3, -0.25) is 19.3 Å². The van der Waals surface area contributed by atoms with E-state index in [1.54, 1.807) is 11.9 Å². The molecule has 0 saturated heterocycles. The normalized spacial score (nSPS) is 16.1. The van der Waals surface area contributed by atoms with Gasteiger partial charge in [0, 0.05) is 13.1 Å². The van der Waals surface area contributed by atoms with Crippen LogP contribution in [0.25, 0.3) is 0 Å². The average Bonchev–Trinajstić information content (AvgIpc) is 3.07. The molecule has 4 rings (SSSR count). The van der Waals surface area contributed by atoms with Crippen molar-refractivity contribution < 1.29 is 23.9 Å². The van der Waals surface area contributed by atoms with Gasteiger partial charge in [0.05, 0.1) is 23.2 Å². The van der Waals surface area contributed by atoms with E-state index < -0.39 is 17.8 Å². The number of amides is 3. The molecule has 32 heavy (non-hydrogen) atoms. The molecule has 1 saturated carbocycles. The highest BCUT2D eigenvalue weighted by molar-refractivity contribution is 6.21. The molecular weight excluding hydrogens is 408 g/mol. The Bertz CT molecular complexity index is 1040. The first kappa shape index (κ1) is 21.7. The number of fused-ring (bicyclic) bond motifs is 1. The van der Waals surface area contributed by atoms with Gasteiger partial charge in [-0.2, -0.15) is 0 Å². The van der Waals surface area contributed by atoms with E-state index in [0.717, 1.165) is 36.1 Å². The number of imide groups is 1. The Balaban J connectivity index is 1.40. The quantitative estimate of drug-likeness (QED) is 0.514. The number of hydrogen-bond donors (Lipinski definition) is 0. The summed E-state index contributed by atoms with van der Waals surface area (Å²) in [6.07, 6.45) is 5.33. The molecule has 0 atom stereocenters. The monoisotopic (exact) mass is 434 g/mol. The zero-order valence-electron chi connectivity index (χ0n) is 18.1. The Morgan fingerprint density at radius 2 is 1.66 bits per heavy atom. The lowest BCUT2D eigenvalue weighted by atomic mass is 9.94. The lowest BCUT2D eigenvalue weighted by molar-refractivity contribution is -0.135. The van der Waals surface area contributed by atoms with Gasteiger partial charge in [-0.05, 0) is 36.6 Å². The number of benzene rings is 2. The Morgan fingerprint density at radius 3 is 2.38 bits per heavy atom. The van der Waals surface area contributed by atoms with Gasteiger partial charge in [0.1, 0.15) is 0 Å². The van der Waals surface area contributed by atoms with E-state index in [0.29, 0.717) is 0 Å². The molecule has 3 amide bonds. The maximum absolute atomic E-state index is 12.8. The third-order valence-electron chi connectivity index (χ3n) is 6.23. The molecule has 0 aromatic heterocycles. The summed E-state index contributed by atoms with van der Waals surface area (Å²) in [6, 6.07) is 13.7. The molecule has 0 spiro atoms. The molecule has 0 bridgehead atoms. The molecular formula is C25H26N2O5. The van der Waals surface area contributed by atoms with Crippen molar-refractivity contribution in [1.29, 1.82) is 0 Å². The molecule has 7 heteroatoms. The van der Waals surface area contributed by atoms with Crippen LogP contribution in [0.5, 0.6) is 0 Å². The fourth-order valence-electron chi connectivity index (χ4n) is 4.31. The molecule has 7 nitrogen and oxygen atoms in total. The summed E-state index contributed by atoms with van der Waals surface area (Å²) in [5.74, 6) is -1.78. The second-order valence-corrected chi connectivity index (χ2v) is 8.32. The lowest BCUT2D eigenvalue weighted by Crippen LogP contribution is -2.40. The highest BCUT2D eigenvalue weighted by Crippen LogP contribution is 2.26. The standard InChI is InChI=1S/C25H26N2O5/c1-26(19-10-6-3-7-11-19)22(28)16-32-25(31)18-12-13-20-21(14-18)24(30)27(23(20)29)15-17-8-4-2-5-9-17/h2,4-5,8-9,12-14,19H,3,6-7,10-11,15-16H2,1H3. The molecule has 0 unspecified atom stereocenters. The molecule has 1 aliphatic carbocycles. The van der Waals surface area contributed by atoms with Gasteiger partial charge in [-0.25, -0.2) is 4.79 Å². The van der Waals surface area contributed by atoms with Gasteiger partial charge in [0.2, 0.25) is 0 Å². The third kappa shape index (κ3) is 4.42. The van der Waals surface area contributed by atoms with E-state index in [-0.39, 0.29) is 41.8 Å². The zero-order chi connectivity index (χ0) is 22.7. The first-order chi connectivity index (χ1) is 15.5. The SMILES string of the molecule is CN(C(=O)COC(=O)c1ccc2c(c1)C(=O)N(Cc1ccccc1)C2=O)C1CCCCC1. The minimum Gasteiger partial charge on any atom is -0.452 e. The second-order valence-electron chi connectivity index (χ2n) is 8.32. The van der Waals surface area contributed by atoms with Gasteiger partial charge in [-0.15, -0.1) is 0 Å². The van der Waals surface area contributed by atoms with Crippen LogP contribution < -0.4 is 0 Å². The molecule has 0 radical (unpaired) electrons. The topological polar surface area (TPSA) is 84.0 Å². The number of carbonyl (C=O) groups excluding carboxylic acids is 4. The highest BCUT2D eigenvalue weighted by Gasteiger charge is 2.36. The minimum absolute atomic E-state index is 0.139. The first-order valence-corrected chi connectivity index (χ1v) is 10.9. The molecule has 2 aliphatic rings. The Hall–Kier alpha value is -3.48. The second kappa shape index (κ2) is 9.34. The van der Waals surface area contributed by atoms with E-state index in [1.807, 2.05) is 30.3 Å². The van der Waals surface area contributed by atoms with Gasteiger partial charge < -0.3 is 9.64 Å². The van der Waals surface area contributed by atoms with Gasteiger partial charge >= 0.3 is 5.97 Å². The van der Waals surface area contributed by atoms with Crippen molar-refractivity contribution in [3.8, 4) is 0 Å². The summed E-state index contributed by atoms with van der Waals surface area (Å²) in [5, 5.41) is 0. The third-order valence-corrected chi connectivity index (χ3v) is 6.23. The van der Waals surface area contributed by atoms with Crippen molar-refractivity contribution >= 4 is 23.7 Å². The fourth-order valence-corrected chi connectivity index (χ4v) is 4.31. The van der Waals surface area contributed by atoms with Crippen LogP contribution in [0.3, 0.4) is 0 Å². The summed E-state index contributed by atoms with van der Waals surface area (Å²) in [5.41, 5.74) is 1.41. The van der Waals surface area contributed by atoms with Gasteiger partial charge in [0.15, 0.2) is 6.61 Å². The Kier molecular flexibility index (Phi) is 6.35. The van der Waals surface area contributed by atoms with E-state index in [9.17, 15) is 19.2 Å².